The zero-order valence-corrected chi connectivity index (χ0v) is 29.5. The number of carbonyl (C=O) groups is 4. The number of nitrogens with zero attached hydrogens (tertiary/aromatic N) is 3. The predicted molar refractivity (Wildman–Crippen MR) is 189 cm³/mol. The quantitative estimate of drug-likeness (QED) is 0.236. The van der Waals surface area contributed by atoms with Crippen molar-refractivity contribution in [2.24, 2.45) is 17.8 Å². The Morgan fingerprint density at radius 2 is 1.72 bits per heavy atom. The first-order chi connectivity index (χ1) is 25.5. The predicted octanol–water partition coefficient (Wildman–Crippen LogP) is 5.86. The highest BCUT2D eigenvalue weighted by atomic mass is 19.4. The van der Waals surface area contributed by atoms with Gasteiger partial charge in [0.25, 0.3) is 0 Å². The number of carbonyl (C=O) groups excluding carboxylic acids is 4. The fourth-order valence-corrected chi connectivity index (χ4v) is 8.91. The third-order valence-electron chi connectivity index (χ3n) is 11.8. The molecule has 5 heterocycles. The molecular weight excluding hydrogens is 687 g/mol. The second-order valence-electron chi connectivity index (χ2n) is 14.8. The van der Waals surface area contributed by atoms with Crippen LogP contribution in [0.1, 0.15) is 61.4 Å². The van der Waals surface area contributed by atoms with Gasteiger partial charge in [-0.1, -0.05) is 31.2 Å². The van der Waals surface area contributed by atoms with Crippen molar-refractivity contribution in [2.75, 3.05) is 32.7 Å². The second kappa shape index (κ2) is 13.4. The van der Waals surface area contributed by atoms with E-state index in [9.17, 15) is 32.3 Å². The van der Waals surface area contributed by atoms with Crippen LogP contribution in [0.3, 0.4) is 0 Å². The molecule has 8 rings (SSSR count). The number of nitrogens with one attached hydrogen (secondary N) is 2. The maximum Gasteiger partial charge on any atom is 0.416 e. The standard InChI is InChI=1S/C40H42F3N5O5/c1-2-39-31(38(52)47-16-14-46(15-17-47)36(50)25-8-9-25)20-27(22-34(49)44-23-24-5-3-6-28(19-24)40(41,42)43)37(51)48(39)13-12-30-29-11-10-26(33-7-4-18-53-33)21-32(29)45-35(30)39/h3-7,10-11,18-19,21,25,27,31,45H,2,8-9,12-17,20,22-23H2,1H3,(H,44,49)/t27-,31-,39+/m1/s1. The largest absolute Gasteiger partial charge is 0.464 e. The molecule has 2 aromatic heterocycles. The molecule has 2 N–H and O–H groups in total. The fraction of sp³-hybridized carbons (Fsp3) is 0.450. The molecule has 0 unspecified atom stereocenters. The Morgan fingerprint density at radius 1 is 0.962 bits per heavy atom. The molecule has 2 aromatic carbocycles. The van der Waals surface area contributed by atoms with E-state index in [1.807, 2.05) is 45.9 Å². The van der Waals surface area contributed by atoms with Gasteiger partial charge in [-0.25, -0.2) is 0 Å². The van der Waals surface area contributed by atoms with Crippen LogP contribution in [0.15, 0.2) is 65.3 Å². The zero-order chi connectivity index (χ0) is 37.1. The molecule has 4 aromatic rings. The van der Waals surface area contributed by atoms with Crippen LogP contribution in [-0.2, 0) is 43.9 Å². The molecule has 10 nitrogen and oxygen atoms in total. The Balaban J connectivity index is 1.10. The van der Waals surface area contributed by atoms with E-state index in [4.69, 9.17) is 4.42 Å². The first-order valence-corrected chi connectivity index (χ1v) is 18.5. The van der Waals surface area contributed by atoms with Crippen molar-refractivity contribution in [3.63, 3.8) is 0 Å². The van der Waals surface area contributed by atoms with E-state index >= 15 is 0 Å². The molecule has 0 radical (unpaired) electrons. The molecule has 0 bridgehead atoms. The van der Waals surface area contributed by atoms with Crippen molar-refractivity contribution in [2.45, 2.75) is 63.7 Å². The van der Waals surface area contributed by atoms with Gasteiger partial charge in [0, 0.05) is 79.7 Å². The van der Waals surface area contributed by atoms with Crippen molar-refractivity contribution in [1.29, 1.82) is 0 Å². The molecular formula is C40H42F3N5O5. The zero-order valence-electron chi connectivity index (χ0n) is 29.5. The van der Waals surface area contributed by atoms with Gasteiger partial charge in [-0.2, -0.15) is 13.2 Å². The van der Waals surface area contributed by atoms with Crippen LogP contribution in [-0.4, -0.2) is 76.0 Å². The van der Waals surface area contributed by atoms with Crippen LogP contribution in [0.5, 0.6) is 0 Å². The van der Waals surface area contributed by atoms with Crippen LogP contribution in [0.4, 0.5) is 13.2 Å². The Kier molecular flexibility index (Phi) is 8.85. The minimum Gasteiger partial charge on any atom is -0.464 e. The van der Waals surface area contributed by atoms with Gasteiger partial charge in [0.05, 0.1) is 23.3 Å². The van der Waals surface area contributed by atoms with Gasteiger partial charge >= 0.3 is 6.18 Å². The molecule has 1 saturated carbocycles. The first kappa shape index (κ1) is 35.0. The molecule has 4 aliphatic rings. The lowest BCUT2D eigenvalue weighted by molar-refractivity contribution is -0.168. The van der Waals surface area contributed by atoms with Crippen LogP contribution in [0.25, 0.3) is 22.2 Å². The highest BCUT2D eigenvalue weighted by Crippen LogP contribution is 2.52. The molecule has 13 heteroatoms. The van der Waals surface area contributed by atoms with Crippen molar-refractivity contribution < 1.29 is 36.8 Å². The molecule has 53 heavy (non-hydrogen) atoms. The van der Waals surface area contributed by atoms with Gasteiger partial charge < -0.3 is 29.4 Å². The van der Waals surface area contributed by atoms with E-state index in [1.165, 1.54) is 12.1 Å². The lowest BCUT2D eigenvalue weighted by atomic mass is 9.65. The van der Waals surface area contributed by atoms with Gasteiger partial charge in [0.1, 0.15) is 5.76 Å². The van der Waals surface area contributed by atoms with Gasteiger partial charge in [0.15, 0.2) is 0 Å². The maximum atomic E-state index is 14.9. The van der Waals surface area contributed by atoms with E-state index < -0.39 is 35.0 Å². The summed E-state index contributed by atoms with van der Waals surface area (Å²) in [7, 11) is 0. The molecule has 3 fully saturated rings. The number of benzene rings is 2. The van der Waals surface area contributed by atoms with E-state index in [0.717, 1.165) is 58.5 Å². The third-order valence-corrected chi connectivity index (χ3v) is 11.8. The number of piperazine rings is 1. The van der Waals surface area contributed by atoms with E-state index in [0.29, 0.717) is 45.6 Å². The topological polar surface area (TPSA) is 119 Å². The number of aromatic nitrogens is 1. The smallest absolute Gasteiger partial charge is 0.416 e. The molecule has 3 atom stereocenters. The van der Waals surface area contributed by atoms with E-state index in [1.54, 1.807) is 6.26 Å². The number of fused-ring (bicyclic) bond motifs is 5. The Bertz CT molecular complexity index is 2060. The van der Waals surface area contributed by atoms with Gasteiger partial charge in [-0.3, -0.25) is 19.2 Å². The van der Waals surface area contributed by atoms with Crippen molar-refractivity contribution in [3.05, 3.63) is 83.2 Å². The second-order valence-corrected chi connectivity index (χ2v) is 14.8. The summed E-state index contributed by atoms with van der Waals surface area (Å²) in [6.07, 6.45) is -0.129. The Hall–Kier alpha value is -5.07. The summed E-state index contributed by atoms with van der Waals surface area (Å²) in [6, 6.07) is 14.6. The highest BCUT2D eigenvalue weighted by molar-refractivity contribution is 5.94. The number of H-pyrrole nitrogens is 1. The summed E-state index contributed by atoms with van der Waals surface area (Å²) in [5.41, 5.74) is 2.15. The van der Waals surface area contributed by atoms with Crippen LogP contribution < -0.4 is 5.32 Å². The molecule has 278 valence electrons. The fourth-order valence-electron chi connectivity index (χ4n) is 8.91. The van der Waals surface area contributed by atoms with E-state index in [2.05, 4.69) is 16.4 Å². The molecule has 0 spiro atoms. The number of alkyl halides is 3. The van der Waals surface area contributed by atoms with Gasteiger partial charge in [0.2, 0.25) is 23.6 Å². The number of amides is 4. The summed E-state index contributed by atoms with van der Waals surface area (Å²) in [4.78, 5) is 64.6. The lowest BCUT2D eigenvalue weighted by Gasteiger charge is -2.56. The monoisotopic (exact) mass is 729 g/mol. The van der Waals surface area contributed by atoms with Crippen molar-refractivity contribution in [1.82, 2.24) is 25.0 Å². The number of halogens is 3. The Labute approximate surface area is 304 Å². The van der Waals surface area contributed by atoms with Crippen LogP contribution in [0.2, 0.25) is 0 Å². The lowest BCUT2D eigenvalue weighted by Crippen LogP contribution is -2.66. The average Bonchev–Trinajstić information content (AvgIpc) is 3.72. The van der Waals surface area contributed by atoms with Crippen LogP contribution >= 0.6 is 0 Å². The van der Waals surface area contributed by atoms with Gasteiger partial charge in [-0.05, 0) is 73.6 Å². The minimum absolute atomic E-state index is 0.0926. The minimum atomic E-state index is -4.51. The van der Waals surface area contributed by atoms with Crippen molar-refractivity contribution >= 4 is 34.5 Å². The van der Waals surface area contributed by atoms with Crippen molar-refractivity contribution in [3.8, 4) is 11.3 Å². The molecule has 2 saturated heterocycles. The number of hydrogen-bond donors (Lipinski definition) is 2. The summed E-state index contributed by atoms with van der Waals surface area (Å²) < 4.78 is 45.5. The van der Waals surface area contributed by atoms with E-state index in [-0.39, 0.29) is 48.6 Å². The molecule has 1 aliphatic carbocycles. The number of rotatable bonds is 8. The van der Waals surface area contributed by atoms with Gasteiger partial charge in [-0.15, -0.1) is 0 Å². The third kappa shape index (κ3) is 6.27. The maximum absolute atomic E-state index is 14.9. The molecule has 4 amide bonds. The number of hydrogen-bond acceptors (Lipinski definition) is 5. The number of piperidine rings is 1. The normalized spacial score (nSPS) is 23.2. The SMILES string of the molecule is CC[C@]12c3[nH]c4cc(-c5ccco5)ccc4c3CCN1C(=O)[C@@H](CC(=O)NCc1cccc(C(F)(F)F)c1)C[C@@H]2C(=O)N1CCN(C(=O)C2CC2)CC1. The van der Waals surface area contributed by atoms with Crippen LogP contribution in [0, 0.1) is 17.8 Å². The number of aromatic amines is 1. The molecule has 3 aliphatic heterocycles. The highest BCUT2D eigenvalue weighted by Gasteiger charge is 2.59. The Morgan fingerprint density at radius 3 is 2.40 bits per heavy atom. The first-order valence-electron chi connectivity index (χ1n) is 18.5. The summed E-state index contributed by atoms with van der Waals surface area (Å²) >= 11 is 0. The average molecular weight is 730 g/mol. The summed E-state index contributed by atoms with van der Waals surface area (Å²) in [5.74, 6) is -1.33. The summed E-state index contributed by atoms with van der Waals surface area (Å²) in [6.45, 7) is 3.89. The summed E-state index contributed by atoms with van der Waals surface area (Å²) in [5, 5.41) is 3.72. The number of furan rings is 1.